The molecule has 0 aromatic heterocycles. The fourth-order valence-corrected chi connectivity index (χ4v) is 0.795. The van der Waals surface area contributed by atoms with E-state index in [0.29, 0.717) is 6.54 Å². The molecule has 0 saturated heterocycles. The molecule has 0 saturated carbocycles. The monoisotopic (exact) mass is 215 g/mol. The van der Waals surface area contributed by atoms with Gasteiger partial charge in [-0.15, -0.1) is 0 Å². The van der Waals surface area contributed by atoms with E-state index in [9.17, 15) is 9.59 Å². The summed E-state index contributed by atoms with van der Waals surface area (Å²) in [5.41, 5.74) is -0.490. The summed E-state index contributed by atoms with van der Waals surface area (Å²) in [6, 6.07) is 0. The predicted octanol–water partition coefficient (Wildman–Crippen LogP) is 0.558. The number of carbonyl (C=O) groups is 2. The molecule has 0 atom stereocenters. The average Bonchev–Trinajstić information content (AvgIpc) is 1.99. The molecule has 5 heteroatoms. The minimum atomic E-state index is -1.01. The van der Waals surface area contributed by atoms with Gasteiger partial charge in [-0.05, 0) is 20.8 Å². The van der Waals surface area contributed by atoms with Crippen LogP contribution in [0.25, 0.3) is 0 Å². The Morgan fingerprint density at radius 1 is 1.40 bits per heavy atom. The Morgan fingerprint density at radius 3 is 2.47 bits per heavy atom. The number of hydrogen-bond donors (Lipinski definition) is 2. The van der Waals surface area contributed by atoms with Crippen LogP contribution in [0, 0.1) is 0 Å². The van der Waals surface area contributed by atoms with Crippen molar-refractivity contribution in [2.24, 2.45) is 0 Å². The Morgan fingerprint density at radius 2 is 2.00 bits per heavy atom. The first-order valence-corrected chi connectivity index (χ1v) is 4.63. The maximum absolute atomic E-state index is 11.1. The summed E-state index contributed by atoms with van der Waals surface area (Å²) in [4.78, 5) is 21.2. The van der Waals surface area contributed by atoms with Crippen molar-refractivity contribution in [2.75, 3.05) is 13.1 Å². The molecule has 0 aliphatic rings. The molecule has 0 bridgehead atoms. The molecule has 0 rings (SSSR count). The van der Waals surface area contributed by atoms with Gasteiger partial charge in [-0.2, -0.15) is 0 Å². The third kappa shape index (κ3) is 10.6. The zero-order chi connectivity index (χ0) is 11.9. The van der Waals surface area contributed by atoms with Crippen molar-refractivity contribution in [1.29, 1.82) is 0 Å². The van der Waals surface area contributed by atoms with Gasteiger partial charge in [0.05, 0.1) is 6.54 Å². The lowest BCUT2D eigenvalue weighted by Crippen LogP contribution is -2.31. The van der Waals surface area contributed by atoms with Crippen LogP contribution in [0.3, 0.4) is 0 Å². The van der Waals surface area contributed by atoms with Crippen molar-refractivity contribution in [2.45, 2.75) is 26.4 Å². The SMILES string of the molecule is CC(C)(C)OC(=O)CNC/C=C/C(=O)O. The summed E-state index contributed by atoms with van der Waals surface area (Å²) >= 11 is 0. The highest BCUT2D eigenvalue weighted by Gasteiger charge is 2.15. The first kappa shape index (κ1) is 13.6. The van der Waals surface area contributed by atoms with E-state index in [1.165, 1.54) is 6.08 Å². The topological polar surface area (TPSA) is 75.6 Å². The van der Waals surface area contributed by atoms with Crippen LogP contribution in [-0.2, 0) is 14.3 Å². The van der Waals surface area contributed by atoms with Crippen molar-refractivity contribution in [3.63, 3.8) is 0 Å². The van der Waals surface area contributed by atoms with Gasteiger partial charge in [-0.3, -0.25) is 4.79 Å². The molecule has 0 fully saturated rings. The molecule has 0 aliphatic carbocycles. The summed E-state index contributed by atoms with van der Waals surface area (Å²) in [5.74, 6) is -1.36. The quantitative estimate of drug-likeness (QED) is 0.398. The van der Waals surface area contributed by atoms with Crippen LogP contribution in [0.5, 0.6) is 0 Å². The van der Waals surface area contributed by atoms with E-state index in [4.69, 9.17) is 9.84 Å². The second kappa shape index (κ2) is 6.19. The molecule has 0 spiro atoms. The lowest BCUT2D eigenvalue weighted by Gasteiger charge is -2.19. The number of hydrogen-bond acceptors (Lipinski definition) is 4. The number of carboxylic acid groups (broad SMARTS) is 1. The average molecular weight is 215 g/mol. The largest absolute Gasteiger partial charge is 0.478 e. The standard InChI is InChI=1S/C10H17NO4/c1-10(2,3)15-9(14)7-11-6-4-5-8(12)13/h4-5,11H,6-7H2,1-3H3,(H,12,13)/b5-4+. The van der Waals surface area contributed by atoms with Crippen LogP contribution in [0.2, 0.25) is 0 Å². The molecule has 0 aliphatic heterocycles. The summed E-state index contributed by atoms with van der Waals surface area (Å²) in [5, 5.41) is 11.0. The number of aliphatic carboxylic acids is 1. The van der Waals surface area contributed by atoms with E-state index in [-0.39, 0.29) is 12.5 Å². The van der Waals surface area contributed by atoms with Crippen molar-refractivity contribution < 1.29 is 19.4 Å². The highest BCUT2D eigenvalue weighted by molar-refractivity contribution is 5.79. The molecule has 0 aromatic rings. The van der Waals surface area contributed by atoms with Crippen LogP contribution >= 0.6 is 0 Å². The predicted molar refractivity (Wildman–Crippen MR) is 55.5 cm³/mol. The molecule has 0 amide bonds. The lowest BCUT2D eigenvalue weighted by molar-refractivity contribution is -0.153. The van der Waals surface area contributed by atoms with E-state index < -0.39 is 11.6 Å². The summed E-state index contributed by atoms with van der Waals surface area (Å²) < 4.78 is 5.02. The molecule has 0 heterocycles. The molecular weight excluding hydrogens is 198 g/mol. The fraction of sp³-hybridized carbons (Fsp3) is 0.600. The van der Waals surface area contributed by atoms with Crippen molar-refractivity contribution in [3.8, 4) is 0 Å². The van der Waals surface area contributed by atoms with E-state index in [0.717, 1.165) is 6.08 Å². The minimum Gasteiger partial charge on any atom is -0.478 e. The van der Waals surface area contributed by atoms with Gasteiger partial charge in [-0.1, -0.05) is 6.08 Å². The number of ether oxygens (including phenoxy) is 1. The maximum atomic E-state index is 11.1. The molecule has 5 nitrogen and oxygen atoms in total. The van der Waals surface area contributed by atoms with Crippen LogP contribution in [-0.4, -0.2) is 35.7 Å². The van der Waals surface area contributed by atoms with Crippen molar-refractivity contribution >= 4 is 11.9 Å². The Hall–Kier alpha value is -1.36. The summed E-state index contributed by atoms with van der Waals surface area (Å²) in [6.07, 6.45) is 2.44. The molecule has 0 aromatic carbocycles. The van der Waals surface area contributed by atoms with E-state index in [1.807, 2.05) is 0 Å². The van der Waals surface area contributed by atoms with Gasteiger partial charge in [0.15, 0.2) is 0 Å². The number of carbonyl (C=O) groups excluding carboxylic acids is 1. The van der Waals surface area contributed by atoms with Gasteiger partial charge < -0.3 is 15.2 Å². The Bertz CT molecular complexity index is 253. The van der Waals surface area contributed by atoms with Crippen molar-refractivity contribution in [3.05, 3.63) is 12.2 Å². The fourth-order valence-electron chi connectivity index (χ4n) is 0.795. The third-order valence-corrected chi connectivity index (χ3v) is 1.21. The zero-order valence-electron chi connectivity index (χ0n) is 9.24. The second-order valence-electron chi connectivity index (χ2n) is 3.96. The molecule has 0 radical (unpaired) electrons. The first-order valence-electron chi connectivity index (χ1n) is 4.63. The highest BCUT2D eigenvalue weighted by Crippen LogP contribution is 2.05. The van der Waals surface area contributed by atoms with Gasteiger partial charge in [0.1, 0.15) is 5.60 Å². The van der Waals surface area contributed by atoms with Crippen LogP contribution in [0.1, 0.15) is 20.8 Å². The first-order chi connectivity index (χ1) is 6.81. The van der Waals surface area contributed by atoms with Crippen LogP contribution < -0.4 is 5.32 Å². The number of rotatable bonds is 5. The maximum Gasteiger partial charge on any atom is 0.328 e. The minimum absolute atomic E-state index is 0.0707. The Balaban J connectivity index is 3.61. The smallest absolute Gasteiger partial charge is 0.328 e. The van der Waals surface area contributed by atoms with E-state index in [1.54, 1.807) is 20.8 Å². The van der Waals surface area contributed by atoms with Gasteiger partial charge in [0, 0.05) is 12.6 Å². The lowest BCUT2D eigenvalue weighted by atomic mass is 10.2. The molecular formula is C10H17NO4. The Labute approximate surface area is 89.1 Å². The normalized spacial score (nSPS) is 11.7. The molecule has 86 valence electrons. The van der Waals surface area contributed by atoms with Crippen LogP contribution in [0.4, 0.5) is 0 Å². The summed E-state index contributed by atoms with van der Waals surface area (Å²) in [6.45, 7) is 5.76. The zero-order valence-corrected chi connectivity index (χ0v) is 9.24. The molecule has 0 unspecified atom stereocenters. The van der Waals surface area contributed by atoms with Gasteiger partial charge in [0.25, 0.3) is 0 Å². The van der Waals surface area contributed by atoms with E-state index >= 15 is 0 Å². The Kier molecular flexibility index (Phi) is 5.62. The molecule has 2 N–H and O–H groups in total. The van der Waals surface area contributed by atoms with Gasteiger partial charge in [0.2, 0.25) is 0 Å². The third-order valence-electron chi connectivity index (χ3n) is 1.21. The molecule has 15 heavy (non-hydrogen) atoms. The van der Waals surface area contributed by atoms with Crippen molar-refractivity contribution in [1.82, 2.24) is 5.32 Å². The number of carboxylic acids is 1. The van der Waals surface area contributed by atoms with E-state index in [2.05, 4.69) is 5.32 Å². The second-order valence-corrected chi connectivity index (χ2v) is 3.96. The van der Waals surface area contributed by atoms with Gasteiger partial charge in [-0.25, -0.2) is 4.79 Å². The van der Waals surface area contributed by atoms with Crippen LogP contribution in [0.15, 0.2) is 12.2 Å². The number of esters is 1. The highest BCUT2D eigenvalue weighted by atomic mass is 16.6. The summed E-state index contributed by atoms with van der Waals surface area (Å²) in [7, 11) is 0. The number of nitrogens with one attached hydrogen (secondary N) is 1. The van der Waals surface area contributed by atoms with Gasteiger partial charge >= 0.3 is 11.9 Å².